The van der Waals surface area contributed by atoms with Crippen LogP contribution in [0.25, 0.3) is 0 Å². The molecule has 6 fully saturated rings. The number of carbonyl (C=O) groups is 2. The number of aliphatic hydroxyl groups is 4. The number of esters is 1. The summed E-state index contributed by atoms with van der Waals surface area (Å²) in [6.45, 7) is -0.150. The summed E-state index contributed by atoms with van der Waals surface area (Å²) in [5.41, 5.74) is 2.56. The van der Waals surface area contributed by atoms with Crippen molar-refractivity contribution in [3.8, 4) is 28.7 Å². The van der Waals surface area contributed by atoms with Gasteiger partial charge in [-0.15, -0.1) is 0 Å². The molecule has 18 nitrogen and oxygen atoms in total. The van der Waals surface area contributed by atoms with Crippen LogP contribution in [0.5, 0.6) is 28.7 Å². The van der Waals surface area contributed by atoms with Crippen molar-refractivity contribution in [1.82, 2.24) is 10.6 Å². The zero-order valence-corrected chi connectivity index (χ0v) is 41.9. The van der Waals surface area contributed by atoms with Gasteiger partial charge < -0.3 is 70.3 Å². The highest BCUT2D eigenvalue weighted by Crippen LogP contribution is 2.70. The number of halogens is 1. The Morgan fingerprint density at radius 2 is 1.41 bits per heavy atom. The number of benzene rings is 5. The first-order valence-electron chi connectivity index (χ1n) is 25.0. The lowest BCUT2D eigenvalue weighted by Crippen LogP contribution is -2.76. The fourth-order valence-electron chi connectivity index (χ4n) is 13.1. The molecular formula is C55H54ClN3O15S. The highest BCUT2D eigenvalue weighted by atomic mass is 35.5. The summed E-state index contributed by atoms with van der Waals surface area (Å²) < 4.78 is 30.6. The van der Waals surface area contributed by atoms with Crippen LogP contribution >= 0.6 is 23.8 Å². The van der Waals surface area contributed by atoms with Crippen molar-refractivity contribution >= 4 is 46.5 Å². The number of amides is 1. The maximum atomic E-state index is 13.6. The molecule has 9 N–H and O–H groups in total. The molecule has 2 saturated heterocycles. The molecule has 392 valence electrons. The maximum Gasteiger partial charge on any atom is 0.340 e. The van der Waals surface area contributed by atoms with E-state index in [-0.39, 0.29) is 75.3 Å². The van der Waals surface area contributed by atoms with Gasteiger partial charge in [0, 0.05) is 65.8 Å². The molecule has 4 aliphatic carbocycles. The molecule has 4 aliphatic heterocycles. The van der Waals surface area contributed by atoms with Gasteiger partial charge in [-0.05, 0) is 146 Å². The van der Waals surface area contributed by atoms with Gasteiger partial charge in [0.25, 0.3) is 11.7 Å². The molecule has 4 saturated carbocycles. The SMILES string of the molecule is COC1(c2cc(Cc3ccc(C(=O)NCCNC(=S)Nc4ccc5c(c4)C(=O)OC54c5ccc(O)cc5Oc5cc(O)ccc54)cc3)cc(O[C@@H]3OC(CO)[C@H](O)C(O)C3O)c2Cl)OOC12C1CC3CC(C1)CC2C3. The molecule has 1 amide bonds. The lowest BCUT2D eigenvalue weighted by atomic mass is 9.47. The molecule has 13 rings (SSSR count). The summed E-state index contributed by atoms with van der Waals surface area (Å²) in [5.74, 6) is -0.184. The van der Waals surface area contributed by atoms with E-state index in [2.05, 4.69) is 16.0 Å². The van der Waals surface area contributed by atoms with Crippen molar-refractivity contribution in [1.29, 1.82) is 0 Å². The lowest BCUT2D eigenvalue weighted by molar-refractivity contribution is -0.645. The topological polar surface area (TPSA) is 256 Å². The summed E-state index contributed by atoms with van der Waals surface area (Å²) in [5, 5.41) is 71.8. The van der Waals surface area contributed by atoms with Crippen LogP contribution in [-0.4, -0.2) is 111 Å². The summed E-state index contributed by atoms with van der Waals surface area (Å²) in [6.07, 6.45) is -2.18. The van der Waals surface area contributed by atoms with E-state index in [1.165, 1.54) is 30.7 Å². The van der Waals surface area contributed by atoms with E-state index in [9.17, 15) is 40.2 Å². The molecule has 4 unspecified atom stereocenters. The molecule has 5 aromatic rings. The molecule has 0 radical (unpaired) electrons. The van der Waals surface area contributed by atoms with E-state index in [4.69, 9.17) is 57.3 Å². The highest BCUT2D eigenvalue weighted by Gasteiger charge is 2.77. The zero-order valence-electron chi connectivity index (χ0n) is 40.4. The number of carbonyl (C=O) groups excluding carboxylic acids is 2. The normalized spacial score (nSPS) is 30.1. The van der Waals surface area contributed by atoms with E-state index in [0.717, 1.165) is 31.2 Å². The quantitative estimate of drug-likeness (QED) is 0.0312. The monoisotopic (exact) mass is 1060 g/mol. The van der Waals surface area contributed by atoms with Crippen LogP contribution in [0.2, 0.25) is 5.02 Å². The predicted octanol–water partition coefficient (Wildman–Crippen LogP) is 5.76. The molecule has 5 aromatic carbocycles. The molecule has 8 aliphatic rings. The average molecular weight is 1060 g/mol. The number of aliphatic hydroxyl groups excluding tert-OH is 4. The standard InChI is InChI=1S/C55H54ClN3O15S/c1-68-55(54(73-74-55)31-16-27-15-28(18-31)19-32(54)17-27)40-20-29(21-43(45(40)56)70-51-48(65)47(64)46(63)44(25-60)71-51)14-26-2-4-30(5-3-26)49(66)57-12-13-58-52(75)59-33-6-9-37-36(22-33)50(67)72-53(37)38-10-7-34(61)23-41(38)69-42-24-35(62)8-11-39(42)53/h2-11,20-24,27-28,31-32,44,46-48,51,60-65H,12-19,25H2,1H3,(H,57,66)(H2,58,59,75)/t27?,28?,31?,32?,44?,46-,47?,48?,51+,54?,55?/m0/s1. The Labute approximate surface area is 440 Å². The van der Waals surface area contributed by atoms with Gasteiger partial charge in [0.15, 0.2) is 16.3 Å². The second kappa shape index (κ2) is 18.9. The van der Waals surface area contributed by atoms with Crippen molar-refractivity contribution < 1.29 is 73.7 Å². The van der Waals surface area contributed by atoms with Gasteiger partial charge in [0.2, 0.25) is 6.29 Å². The zero-order chi connectivity index (χ0) is 52.1. The van der Waals surface area contributed by atoms with E-state index < -0.39 is 60.3 Å². The van der Waals surface area contributed by atoms with Gasteiger partial charge in [0.05, 0.1) is 17.2 Å². The van der Waals surface area contributed by atoms with Gasteiger partial charge in [-0.3, -0.25) is 4.79 Å². The van der Waals surface area contributed by atoms with Gasteiger partial charge in [-0.25, -0.2) is 9.68 Å². The Bertz CT molecular complexity index is 3040. The number of thiocarbonyl (C=S) groups is 1. The van der Waals surface area contributed by atoms with Crippen molar-refractivity contribution in [2.24, 2.45) is 23.7 Å². The van der Waals surface area contributed by atoms with E-state index in [1.54, 1.807) is 55.6 Å². The van der Waals surface area contributed by atoms with Gasteiger partial charge in [0.1, 0.15) is 53.2 Å². The second-order valence-electron chi connectivity index (χ2n) is 20.7. The maximum absolute atomic E-state index is 13.6. The third kappa shape index (κ3) is 8.01. The Morgan fingerprint density at radius 1 is 0.760 bits per heavy atom. The van der Waals surface area contributed by atoms with Crippen LogP contribution in [0.4, 0.5) is 5.69 Å². The van der Waals surface area contributed by atoms with E-state index in [1.807, 2.05) is 18.2 Å². The van der Waals surface area contributed by atoms with Crippen molar-refractivity contribution in [3.63, 3.8) is 0 Å². The van der Waals surface area contributed by atoms with E-state index >= 15 is 0 Å². The summed E-state index contributed by atoms with van der Waals surface area (Å²) in [4.78, 5) is 39.3. The Morgan fingerprint density at radius 3 is 2.04 bits per heavy atom. The first kappa shape index (κ1) is 49.8. The molecule has 6 atom stereocenters. The number of aromatic hydroxyl groups is 2. The van der Waals surface area contributed by atoms with Crippen LogP contribution in [-0.2, 0) is 41.8 Å². The largest absolute Gasteiger partial charge is 0.508 e. The number of methoxy groups -OCH3 is 1. The smallest absolute Gasteiger partial charge is 0.340 e. The minimum Gasteiger partial charge on any atom is -0.508 e. The van der Waals surface area contributed by atoms with Crippen molar-refractivity contribution in [2.45, 2.75) is 86.2 Å². The number of phenols is 2. The minimum absolute atomic E-state index is 0.0432. The molecular weight excluding hydrogens is 1010 g/mol. The van der Waals surface area contributed by atoms with Crippen LogP contribution in [0.3, 0.4) is 0 Å². The fraction of sp³-hybridized carbons (Fsp3) is 0.400. The number of fused-ring (bicyclic) bond motifs is 6. The number of anilines is 1. The molecule has 75 heavy (non-hydrogen) atoms. The second-order valence-corrected chi connectivity index (χ2v) is 21.4. The molecule has 0 aromatic heterocycles. The lowest BCUT2D eigenvalue weighted by Gasteiger charge is -2.68. The van der Waals surface area contributed by atoms with E-state index in [0.29, 0.717) is 57.3 Å². The number of ether oxygens (including phenoxy) is 5. The number of hydrogen-bond donors (Lipinski definition) is 9. The van der Waals surface area contributed by atoms with Crippen molar-refractivity contribution in [3.05, 3.63) is 141 Å². The Balaban J connectivity index is 0.713. The third-order valence-electron chi connectivity index (χ3n) is 16.3. The highest BCUT2D eigenvalue weighted by molar-refractivity contribution is 7.80. The van der Waals surface area contributed by atoms with Crippen LogP contribution in [0.1, 0.15) is 86.2 Å². The van der Waals surface area contributed by atoms with Gasteiger partial charge in [-0.2, -0.15) is 4.89 Å². The third-order valence-corrected chi connectivity index (χ3v) is 17.0. The molecule has 4 heterocycles. The van der Waals surface area contributed by atoms with Crippen LogP contribution in [0.15, 0.2) is 91.0 Å². The summed E-state index contributed by atoms with van der Waals surface area (Å²) >= 11 is 12.8. The predicted molar refractivity (Wildman–Crippen MR) is 270 cm³/mol. The Hall–Kier alpha value is -6.10. The first-order chi connectivity index (χ1) is 36.1. The average Bonchev–Trinajstić information content (AvgIpc) is 3.67. The summed E-state index contributed by atoms with van der Waals surface area (Å²) in [7, 11) is 1.57. The number of nitrogens with one attached hydrogen (secondary N) is 3. The Kier molecular flexibility index (Phi) is 12.5. The number of phenolic OH excluding ortho intramolecular Hbond substituents is 2. The van der Waals surface area contributed by atoms with Crippen LogP contribution in [0, 0.1) is 23.7 Å². The molecule has 2 spiro atoms. The minimum atomic E-state index is -1.69. The first-order valence-corrected chi connectivity index (χ1v) is 25.8. The van der Waals surface area contributed by atoms with Crippen molar-refractivity contribution in [2.75, 3.05) is 32.1 Å². The van der Waals surface area contributed by atoms with Crippen LogP contribution < -0.4 is 25.4 Å². The van der Waals surface area contributed by atoms with Gasteiger partial charge in [-0.1, -0.05) is 29.8 Å². The molecule has 20 heteroatoms. The molecule has 4 bridgehead atoms. The fourth-order valence-corrected chi connectivity index (χ4v) is 13.6. The number of hydrogen-bond acceptors (Lipinski definition) is 16. The van der Waals surface area contributed by atoms with Gasteiger partial charge >= 0.3 is 5.97 Å². The summed E-state index contributed by atoms with van der Waals surface area (Å²) in [6, 6.07) is 24.9. The number of rotatable bonds is 12.